The van der Waals surface area contributed by atoms with Crippen molar-refractivity contribution in [3.05, 3.63) is 0 Å². The lowest BCUT2D eigenvalue weighted by molar-refractivity contribution is -0.272. The van der Waals surface area contributed by atoms with Crippen LogP contribution < -0.4 is 5.32 Å². The highest BCUT2D eigenvalue weighted by atomic mass is 79.9. The minimum absolute atomic E-state index is 0.00897. The molecular formula is C35H49BrN2O6S. The second-order valence-corrected chi connectivity index (χ2v) is 20.0. The van der Waals surface area contributed by atoms with Crippen LogP contribution in [0.5, 0.6) is 0 Å². The molecule has 7 rings (SSSR count). The van der Waals surface area contributed by atoms with Crippen molar-refractivity contribution in [1.82, 2.24) is 5.32 Å². The fraction of sp³-hybridized carbons (Fsp3) is 0.857. The summed E-state index contributed by atoms with van der Waals surface area (Å²) in [5.41, 5.74) is -0.0848. The average molecular weight is 706 g/mol. The van der Waals surface area contributed by atoms with E-state index in [1.54, 1.807) is 0 Å². The molecule has 2 bridgehead atoms. The molecule has 248 valence electrons. The van der Waals surface area contributed by atoms with Crippen molar-refractivity contribution < 1.29 is 28.8 Å². The fourth-order valence-electron chi connectivity index (χ4n) is 12.6. The maximum Gasteiger partial charge on any atom is 0.336 e. The minimum Gasteiger partial charge on any atom is -0.457 e. The Hall–Kier alpha value is -1.42. The van der Waals surface area contributed by atoms with Crippen LogP contribution in [0, 0.1) is 50.2 Å². The van der Waals surface area contributed by atoms with Gasteiger partial charge in [0.15, 0.2) is 0 Å². The Morgan fingerprint density at radius 2 is 1.69 bits per heavy atom. The number of amides is 2. The van der Waals surface area contributed by atoms with E-state index in [0.717, 1.165) is 81.7 Å². The highest BCUT2D eigenvalue weighted by molar-refractivity contribution is 9.09. The predicted molar refractivity (Wildman–Crippen MR) is 176 cm³/mol. The lowest BCUT2D eigenvalue weighted by Crippen LogP contribution is -2.75. The molecule has 0 aromatic rings. The van der Waals surface area contributed by atoms with Gasteiger partial charge < -0.3 is 9.57 Å². The largest absolute Gasteiger partial charge is 0.457 e. The molecule has 1 spiro atoms. The van der Waals surface area contributed by atoms with E-state index in [-0.39, 0.29) is 55.6 Å². The molecule has 0 aromatic carbocycles. The number of nitrogens with zero attached hydrogens (tertiary/aromatic N) is 1. The first-order valence-electron chi connectivity index (χ1n) is 17.0. The van der Waals surface area contributed by atoms with Gasteiger partial charge in [-0.25, -0.2) is 4.79 Å². The summed E-state index contributed by atoms with van der Waals surface area (Å²) in [5, 5.41) is 5.45. The van der Waals surface area contributed by atoms with Crippen LogP contribution in [0.1, 0.15) is 119 Å². The van der Waals surface area contributed by atoms with Gasteiger partial charge in [0.05, 0.1) is 22.4 Å². The summed E-state index contributed by atoms with van der Waals surface area (Å²) in [7, 11) is 0. The van der Waals surface area contributed by atoms with Crippen LogP contribution in [0.3, 0.4) is 0 Å². The number of oxime groups is 1. The maximum absolute atomic E-state index is 13.9. The predicted octanol–water partition coefficient (Wildman–Crippen LogP) is 7.56. The Kier molecular flexibility index (Phi) is 7.01. The number of imide groups is 1. The highest BCUT2D eigenvalue weighted by Crippen LogP contribution is 2.81. The van der Waals surface area contributed by atoms with Crippen molar-refractivity contribution in [3.63, 3.8) is 0 Å². The zero-order chi connectivity index (χ0) is 32.6. The van der Waals surface area contributed by atoms with Gasteiger partial charge in [0.2, 0.25) is 5.91 Å². The van der Waals surface area contributed by atoms with E-state index in [1.807, 2.05) is 0 Å². The molecule has 10 atom stereocenters. The molecule has 2 amide bonds. The Morgan fingerprint density at radius 1 is 0.978 bits per heavy atom. The van der Waals surface area contributed by atoms with Crippen molar-refractivity contribution in [1.29, 1.82) is 0 Å². The molecule has 2 heterocycles. The summed E-state index contributed by atoms with van der Waals surface area (Å²) in [5.74, 6) is 0.0590. The second kappa shape index (κ2) is 9.82. The van der Waals surface area contributed by atoms with Gasteiger partial charge in [-0.1, -0.05) is 81.3 Å². The zero-order valence-electron chi connectivity index (χ0n) is 27.8. The number of esters is 1. The molecule has 2 aliphatic heterocycles. The molecular weight excluding hydrogens is 656 g/mol. The number of alkyl halides is 1. The summed E-state index contributed by atoms with van der Waals surface area (Å²) < 4.78 is 6.88. The van der Waals surface area contributed by atoms with E-state index < -0.39 is 28.0 Å². The smallest absolute Gasteiger partial charge is 0.336 e. The van der Waals surface area contributed by atoms with E-state index in [1.165, 1.54) is 0 Å². The number of hydrogen-bond acceptors (Lipinski definition) is 8. The molecule has 7 fully saturated rings. The summed E-state index contributed by atoms with van der Waals surface area (Å²) >= 11 is 5.10. The quantitative estimate of drug-likeness (QED) is 0.140. The van der Waals surface area contributed by atoms with Gasteiger partial charge in [0.25, 0.3) is 5.24 Å². The molecule has 7 aliphatic rings. The van der Waals surface area contributed by atoms with E-state index in [0.29, 0.717) is 11.8 Å². The SMILES string of the molecule is CC1(C)CC[C@@]23CC[C@]4(C)[C@@](OC2=O)([C@@H]3C1)[C@@H](Br)C[C@@H]1[C@@]2(C)CC/C(=N/OC(=O)C[C@@H]3SC(=O)NC3=O)C(C)(C)[C@H]2CC[C@]14C. The van der Waals surface area contributed by atoms with Crippen LogP contribution >= 0.6 is 27.7 Å². The second-order valence-electron chi connectivity index (χ2n) is 17.7. The van der Waals surface area contributed by atoms with E-state index in [9.17, 15) is 19.2 Å². The topological polar surface area (TPSA) is 111 Å². The summed E-state index contributed by atoms with van der Waals surface area (Å²) in [4.78, 5) is 55.5. The van der Waals surface area contributed by atoms with Crippen LogP contribution in [-0.4, -0.2) is 44.5 Å². The van der Waals surface area contributed by atoms with Gasteiger partial charge in [-0.3, -0.25) is 19.7 Å². The highest BCUT2D eigenvalue weighted by Gasteiger charge is 2.83. The van der Waals surface area contributed by atoms with E-state index in [4.69, 9.17) is 9.57 Å². The van der Waals surface area contributed by atoms with Crippen LogP contribution in [0.2, 0.25) is 0 Å². The molecule has 0 unspecified atom stereocenters. The van der Waals surface area contributed by atoms with Crippen molar-refractivity contribution in [2.75, 3.05) is 0 Å². The molecule has 8 nitrogen and oxygen atoms in total. The van der Waals surface area contributed by atoms with Crippen LogP contribution in [0.15, 0.2) is 5.16 Å². The number of carbonyl (C=O) groups is 4. The van der Waals surface area contributed by atoms with Crippen molar-refractivity contribution in [2.24, 2.45) is 55.4 Å². The normalized spacial score (nSPS) is 50.1. The first-order chi connectivity index (χ1) is 20.9. The van der Waals surface area contributed by atoms with Crippen LogP contribution in [-0.2, 0) is 24.0 Å². The van der Waals surface area contributed by atoms with Crippen LogP contribution in [0.25, 0.3) is 0 Å². The lowest BCUT2D eigenvalue weighted by Gasteiger charge is -2.74. The van der Waals surface area contributed by atoms with E-state index in [2.05, 4.69) is 74.9 Å². The minimum atomic E-state index is -0.763. The number of ether oxygens (including phenoxy) is 1. The number of rotatable bonds is 3. The van der Waals surface area contributed by atoms with E-state index >= 15 is 0 Å². The molecule has 5 saturated carbocycles. The first kappa shape index (κ1) is 32.1. The number of fused-ring (bicyclic) bond motifs is 4. The summed E-state index contributed by atoms with van der Waals surface area (Å²) in [6, 6.07) is 0. The molecule has 0 aromatic heterocycles. The Labute approximate surface area is 279 Å². The van der Waals surface area contributed by atoms with Gasteiger partial charge in [0, 0.05) is 16.7 Å². The number of thioether (sulfide) groups is 1. The Balaban J connectivity index is 1.17. The van der Waals surface area contributed by atoms with Crippen molar-refractivity contribution in [3.8, 4) is 0 Å². The maximum atomic E-state index is 13.9. The third-order valence-electron chi connectivity index (χ3n) is 15.2. The zero-order valence-corrected chi connectivity index (χ0v) is 30.3. The molecule has 10 heteroatoms. The first-order valence-corrected chi connectivity index (χ1v) is 18.8. The lowest BCUT2D eigenvalue weighted by atomic mass is 9.31. The fourth-order valence-corrected chi connectivity index (χ4v) is 14.7. The number of halogens is 1. The third-order valence-corrected chi connectivity index (χ3v) is 17.2. The Bertz CT molecular complexity index is 1410. The summed E-state index contributed by atoms with van der Waals surface area (Å²) in [6.07, 6.45) is 9.64. The number of carbonyl (C=O) groups excluding carboxylic acids is 4. The number of hydrogen-bond donors (Lipinski definition) is 1. The summed E-state index contributed by atoms with van der Waals surface area (Å²) in [6.45, 7) is 16.8. The van der Waals surface area contributed by atoms with Gasteiger partial charge >= 0.3 is 11.9 Å². The van der Waals surface area contributed by atoms with Gasteiger partial charge in [0.1, 0.15) is 10.9 Å². The van der Waals surface area contributed by atoms with Crippen LogP contribution in [0.4, 0.5) is 4.79 Å². The standard InChI is InChI=1S/C35H49BrN2O6S/c1-29(2)12-14-34-15-13-33(7)32(6)11-8-20-30(3,4)24(38-44-25(39)16-19-26(40)37-28(42)45-19)9-10-31(20,5)21(32)17-23(36)35(33,22(34)18-29)43-27(34)41/h19-23H,8-18H2,1-7H3,(H,37,40,42)/b38-24-/t19-,20+,21+,22+,23-,31-,32+,33-,34-,35+/m0/s1. The van der Waals surface area contributed by atoms with Gasteiger partial charge in [-0.15, -0.1) is 0 Å². The Morgan fingerprint density at radius 3 is 2.38 bits per heavy atom. The van der Waals surface area contributed by atoms with Crippen molar-refractivity contribution in [2.45, 2.75) is 135 Å². The molecule has 1 N–H and O–H groups in total. The molecule has 45 heavy (non-hydrogen) atoms. The third kappa shape index (κ3) is 4.05. The van der Waals surface area contributed by atoms with Crippen molar-refractivity contribution >= 4 is 56.5 Å². The molecule has 5 aliphatic carbocycles. The number of nitrogens with one attached hydrogen (secondary N) is 1. The van der Waals surface area contributed by atoms with Gasteiger partial charge in [-0.05, 0) is 92.3 Å². The van der Waals surface area contributed by atoms with Gasteiger partial charge in [-0.2, -0.15) is 0 Å². The molecule has 0 radical (unpaired) electrons. The monoisotopic (exact) mass is 704 g/mol. The molecule has 2 saturated heterocycles. The average Bonchev–Trinajstić information content (AvgIpc) is 3.35.